The molecule has 0 spiro atoms. The van der Waals surface area contributed by atoms with Crippen LogP contribution in [0.5, 0.6) is 0 Å². The highest BCUT2D eigenvalue weighted by molar-refractivity contribution is 5.62. The number of H-pyrrole nitrogens is 1. The topological polar surface area (TPSA) is 58.0 Å². The molecule has 26 heavy (non-hydrogen) atoms. The molecule has 2 aromatic heterocycles. The van der Waals surface area contributed by atoms with Crippen molar-refractivity contribution < 1.29 is 4.52 Å². The van der Waals surface area contributed by atoms with Crippen molar-refractivity contribution in [2.75, 3.05) is 6.54 Å². The summed E-state index contributed by atoms with van der Waals surface area (Å²) in [7, 11) is 0. The van der Waals surface area contributed by atoms with Crippen molar-refractivity contribution in [3.63, 3.8) is 0 Å². The maximum Gasteiger partial charge on any atom is 0.139 e. The van der Waals surface area contributed by atoms with Crippen LogP contribution >= 0.6 is 0 Å². The molecular weight excluding hydrogens is 324 g/mol. The first-order valence-corrected chi connectivity index (χ1v) is 9.41. The van der Waals surface area contributed by atoms with E-state index in [1.54, 1.807) is 0 Å². The molecule has 0 bridgehead atoms. The Morgan fingerprint density at radius 3 is 2.81 bits per heavy atom. The standard InChI is InChI=1S/C21H26N4O/c1-14(2)20-11-18(24-26-20)19-5-4-10-25(19)13-17-12-22-23-21(17)16-8-6-15(3)7-9-16/h6-9,11-12,14,19H,4-5,10,13H2,1-3H3,(H,22,23)/t19-/m1/s1. The van der Waals surface area contributed by atoms with E-state index in [0.29, 0.717) is 12.0 Å². The molecule has 0 saturated carbocycles. The summed E-state index contributed by atoms with van der Waals surface area (Å²) in [6.07, 6.45) is 4.26. The van der Waals surface area contributed by atoms with Gasteiger partial charge < -0.3 is 4.52 Å². The molecule has 5 heteroatoms. The third-order valence-corrected chi connectivity index (χ3v) is 5.25. The number of aryl methyl sites for hydroxylation is 1. The van der Waals surface area contributed by atoms with Crippen LogP contribution in [0.1, 0.15) is 61.2 Å². The van der Waals surface area contributed by atoms with Gasteiger partial charge in [-0.3, -0.25) is 10.00 Å². The molecule has 0 amide bonds. The SMILES string of the molecule is Cc1ccc(-c2[nH]ncc2CN2CCC[C@@H]2c2cc(C(C)C)on2)cc1. The van der Waals surface area contributed by atoms with Gasteiger partial charge in [-0.1, -0.05) is 48.8 Å². The largest absolute Gasteiger partial charge is 0.361 e. The van der Waals surface area contributed by atoms with E-state index in [0.717, 1.165) is 36.7 Å². The second-order valence-corrected chi connectivity index (χ2v) is 7.57. The normalized spacial score (nSPS) is 18.1. The third kappa shape index (κ3) is 3.31. The van der Waals surface area contributed by atoms with Crippen LogP contribution in [0, 0.1) is 6.92 Å². The molecule has 5 nitrogen and oxygen atoms in total. The summed E-state index contributed by atoms with van der Waals surface area (Å²) in [5, 5.41) is 11.8. The van der Waals surface area contributed by atoms with Gasteiger partial charge in [-0.2, -0.15) is 5.10 Å². The van der Waals surface area contributed by atoms with Gasteiger partial charge in [-0.25, -0.2) is 0 Å². The van der Waals surface area contributed by atoms with Gasteiger partial charge in [0, 0.05) is 24.1 Å². The van der Waals surface area contributed by atoms with Crippen molar-refractivity contribution in [3.8, 4) is 11.3 Å². The minimum absolute atomic E-state index is 0.326. The van der Waals surface area contributed by atoms with Gasteiger partial charge in [0.2, 0.25) is 0 Å². The number of hydrogen-bond acceptors (Lipinski definition) is 4. The first-order valence-electron chi connectivity index (χ1n) is 9.41. The number of aromatic amines is 1. The van der Waals surface area contributed by atoms with Crippen LogP contribution in [0.2, 0.25) is 0 Å². The van der Waals surface area contributed by atoms with E-state index in [-0.39, 0.29) is 0 Å². The second kappa shape index (κ2) is 7.08. The van der Waals surface area contributed by atoms with E-state index in [4.69, 9.17) is 4.52 Å². The van der Waals surface area contributed by atoms with E-state index in [1.165, 1.54) is 23.1 Å². The number of aromatic nitrogens is 3. The Kier molecular flexibility index (Phi) is 4.64. The van der Waals surface area contributed by atoms with Gasteiger partial charge in [0.15, 0.2) is 0 Å². The molecule has 1 aromatic carbocycles. The van der Waals surface area contributed by atoms with Crippen molar-refractivity contribution in [2.45, 2.75) is 52.1 Å². The second-order valence-electron chi connectivity index (χ2n) is 7.57. The lowest BCUT2D eigenvalue weighted by molar-refractivity contribution is 0.236. The van der Waals surface area contributed by atoms with Gasteiger partial charge in [-0.15, -0.1) is 0 Å². The lowest BCUT2D eigenvalue weighted by Crippen LogP contribution is -2.23. The molecule has 4 rings (SSSR count). The average molecular weight is 350 g/mol. The minimum atomic E-state index is 0.326. The van der Waals surface area contributed by atoms with Crippen LogP contribution in [-0.2, 0) is 6.54 Å². The Bertz CT molecular complexity index is 862. The Morgan fingerprint density at radius 1 is 1.27 bits per heavy atom. The van der Waals surface area contributed by atoms with E-state index in [2.05, 4.69) is 71.4 Å². The predicted molar refractivity (Wildman–Crippen MR) is 102 cm³/mol. The first kappa shape index (κ1) is 17.0. The number of nitrogens with zero attached hydrogens (tertiary/aromatic N) is 3. The van der Waals surface area contributed by atoms with Crippen LogP contribution < -0.4 is 0 Å². The van der Waals surface area contributed by atoms with Crippen molar-refractivity contribution in [2.24, 2.45) is 0 Å². The molecule has 1 fully saturated rings. The van der Waals surface area contributed by atoms with Gasteiger partial charge in [0.05, 0.1) is 17.9 Å². The molecule has 3 aromatic rings. The quantitative estimate of drug-likeness (QED) is 0.716. The van der Waals surface area contributed by atoms with Crippen LogP contribution in [0.3, 0.4) is 0 Å². The lowest BCUT2D eigenvalue weighted by atomic mass is 10.0. The Morgan fingerprint density at radius 2 is 2.08 bits per heavy atom. The molecule has 1 aliphatic heterocycles. The van der Waals surface area contributed by atoms with E-state index in [1.807, 2.05) is 6.20 Å². The molecule has 0 radical (unpaired) electrons. The predicted octanol–water partition coefficient (Wildman–Crippen LogP) is 4.83. The number of likely N-dealkylation sites (tertiary alicyclic amines) is 1. The van der Waals surface area contributed by atoms with Crippen molar-refractivity contribution in [1.29, 1.82) is 0 Å². The summed E-state index contributed by atoms with van der Waals surface area (Å²) in [5.41, 5.74) is 5.85. The zero-order chi connectivity index (χ0) is 18.1. The Balaban J connectivity index is 1.55. The maximum absolute atomic E-state index is 5.53. The number of rotatable bonds is 5. The highest BCUT2D eigenvalue weighted by atomic mass is 16.5. The highest BCUT2D eigenvalue weighted by Crippen LogP contribution is 2.35. The molecule has 1 saturated heterocycles. The lowest BCUT2D eigenvalue weighted by Gasteiger charge is -2.22. The van der Waals surface area contributed by atoms with E-state index >= 15 is 0 Å². The molecule has 1 aliphatic rings. The first-order chi connectivity index (χ1) is 12.6. The zero-order valence-electron chi connectivity index (χ0n) is 15.7. The monoisotopic (exact) mass is 350 g/mol. The molecule has 1 N–H and O–H groups in total. The summed E-state index contributed by atoms with van der Waals surface area (Å²) >= 11 is 0. The van der Waals surface area contributed by atoms with Crippen LogP contribution in [0.4, 0.5) is 0 Å². The number of nitrogens with one attached hydrogen (secondary N) is 1. The van der Waals surface area contributed by atoms with Crippen molar-refractivity contribution >= 4 is 0 Å². The summed E-state index contributed by atoms with van der Waals surface area (Å²) < 4.78 is 5.53. The van der Waals surface area contributed by atoms with Gasteiger partial charge in [0.25, 0.3) is 0 Å². The molecule has 3 heterocycles. The van der Waals surface area contributed by atoms with E-state index < -0.39 is 0 Å². The maximum atomic E-state index is 5.53. The van der Waals surface area contributed by atoms with Crippen molar-refractivity contribution in [3.05, 3.63) is 59.1 Å². The third-order valence-electron chi connectivity index (χ3n) is 5.25. The average Bonchev–Trinajstić information content (AvgIpc) is 3.35. The summed E-state index contributed by atoms with van der Waals surface area (Å²) in [5.74, 6) is 1.34. The fourth-order valence-corrected chi connectivity index (χ4v) is 3.70. The fourth-order valence-electron chi connectivity index (χ4n) is 3.70. The minimum Gasteiger partial charge on any atom is -0.361 e. The smallest absolute Gasteiger partial charge is 0.139 e. The molecule has 1 atom stereocenters. The Hall–Kier alpha value is -2.40. The van der Waals surface area contributed by atoms with Gasteiger partial charge in [-0.05, 0) is 31.9 Å². The summed E-state index contributed by atoms with van der Waals surface area (Å²) in [6, 6.07) is 11.0. The van der Waals surface area contributed by atoms with E-state index in [9.17, 15) is 0 Å². The fraction of sp³-hybridized carbons (Fsp3) is 0.429. The highest BCUT2D eigenvalue weighted by Gasteiger charge is 2.29. The van der Waals surface area contributed by atoms with Crippen molar-refractivity contribution in [1.82, 2.24) is 20.3 Å². The molecule has 0 aliphatic carbocycles. The van der Waals surface area contributed by atoms with Crippen LogP contribution in [0.15, 0.2) is 41.1 Å². The molecule has 136 valence electrons. The number of hydrogen-bond donors (Lipinski definition) is 1. The van der Waals surface area contributed by atoms with Gasteiger partial charge in [0.1, 0.15) is 11.5 Å². The summed E-state index contributed by atoms with van der Waals surface area (Å²) in [4.78, 5) is 2.49. The van der Waals surface area contributed by atoms with Crippen LogP contribution in [-0.4, -0.2) is 26.8 Å². The van der Waals surface area contributed by atoms with Crippen LogP contribution in [0.25, 0.3) is 11.3 Å². The summed E-state index contributed by atoms with van der Waals surface area (Å²) in [6.45, 7) is 8.32. The Labute approximate surface area is 154 Å². The zero-order valence-corrected chi connectivity index (χ0v) is 15.7. The van der Waals surface area contributed by atoms with Gasteiger partial charge >= 0.3 is 0 Å². The number of benzene rings is 1. The molecule has 0 unspecified atom stereocenters. The molecular formula is C21H26N4O.